The Morgan fingerprint density at radius 1 is 0.974 bits per heavy atom. The van der Waals surface area contributed by atoms with Crippen LogP contribution in [0.3, 0.4) is 0 Å². The zero-order chi connectivity index (χ0) is 28.0. The molecule has 1 saturated heterocycles. The topological polar surface area (TPSA) is 131 Å². The van der Waals surface area contributed by atoms with Crippen molar-refractivity contribution in [1.82, 2.24) is 4.31 Å². The van der Waals surface area contributed by atoms with Gasteiger partial charge in [-0.25, -0.2) is 16.8 Å². The van der Waals surface area contributed by atoms with Gasteiger partial charge in [0.25, 0.3) is 10.0 Å². The Labute approximate surface area is 229 Å². The van der Waals surface area contributed by atoms with Gasteiger partial charge in [0.15, 0.2) is 0 Å². The summed E-state index contributed by atoms with van der Waals surface area (Å²) in [7, 11) is -6.08. The van der Waals surface area contributed by atoms with Crippen molar-refractivity contribution in [2.24, 2.45) is 0 Å². The number of sulfonamides is 2. The van der Waals surface area contributed by atoms with Crippen LogP contribution in [-0.4, -0.2) is 60.5 Å². The summed E-state index contributed by atoms with van der Waals surface area (Å²) in [4.78, 5) is 12.9. The van der Waals surface area contributed by atoms with E-state index in [4.69, 9.17) is 9.47 Å². The molecule has 1 fully saturated rings. The lowest BCUT2D eigenvalue weighted by molar-refractivity contribution is -0.116. The SMILES string of the molecule is COc1ccccc1NS(=O)(=O)c1cc(NC(=O)CCc2ccc(S(=O)(=O)N3CCOCC3)cc2)ccc1C. The number of nitrogens with one attached hydrogen (secondary N) is 2. The van der Waals surface area contributed by atoms with E-state index in [1.807, 2.05) is 0 Å². The van der Waals surface area contributed by atoms with Crippen molar-refractivity contribution in [3.05, 3.63) is 77.9 Å². The van der Waals surface area contributed by atoms with Crippen LogP contribution in [0.5, 0.6) is 5.75 Å². The average molecular weight is 574 g/mol. The molecule has 0 saturated carbocycles. The van der Waals surface area contributed by atoms with Gasteiger partial charge < -0.3 is 14.8 Å². The molecule has 3 aromatic carbocycles. The Balaban J connectivity index is 1.38. The standard InChI is InChI=1S/C27H31N3O7S2/c1-20-7-11-22(19-26(20)38(32,33)29-24-5-3-4-6-25(24)36-2)28-27(31)14-10-21-8-12-23(13-9-21)39(34,35)30-15-17-37-18-16-30/h3-9,11-13,19,29H,10,14-18H2,1-2H3,(H,28,31). The first-order chi connectivity index (χ1) is 18.6. The van der Waals surface area contributed by atoms with E-state index in [1.165, 1.54) is 17.5 Å². The number of morpholine rings is 1. The van der Waals surface area contributed by atoms with Gasteiger partial charge in [-0.15, -0.1) is 0 Å². The van der Waals surface area contributed by atoms with Crippen molar-refractivity contribution in [2.75, 3.05) is 43.5 Å². The summed E-state index contributed by atoms with van der Waals surface area (Å²) in [5, 5.41) is 2.75. The summed E-state index contributed by atoms with van der Waals surface area (Å²) < 4.78 is 66.2. The minimum absolute atomic E-state index is 0.0308. The highest BCUT2D eigenvalue weighted by Crippen LogP contribution is 2.28. The van der Waals surface area contributed by atoms with Crippen LogP contribution in [0.25, 0.3) is 0 Å². The first-order valence-electron chi connectivity index (χ1n) is 12.3. The molecule has 0 aliphatic carbocycles. The number of benzene rings is 3. The molecule has 0 radical (unpaired) electrons. The fourth-order valence-corrected chi connectivity index (χ4v) is 6.89. The largest absolute Gasteiger partial charge is 0.495 e. The summed E-state index contributed by atoms with van der Waals surface area (Å²) in [6.45, 7) is 3.06. The molecule has 1 amide bonds. The Morgan fingerprint density at radius 3 is 2.36 bits per heavy atom. The van der Waals surface area contributed by atoms with Gasteiger partial charge in [-0.2, -0.15) is 4.31 Å². The van der Waals surface area contributed by atoms with Crippen LogP contribution in [0.2, 0.25) is 0 Å². The zero-order valence-corrected chi connectivity index (χ0v) is 23.3. The number of methoxy groups -OCH3 is 1. The Kier molecular flexibility index (Phi) is 8.90. The van der Waals surface area contributed by atoms with Gasteiger partial charge in [-0.05, 0) is 60.9 Å². The molecule has 0 spiro atoms. The van der Waals surface area contributed by atoms with Crippen molar-refractivity contribution < 1.29 is 31.1 Å². The zero-order valence-electron chi connectivity index (χ0n) is 21.7. The highest BCUT2D eigenvalue weighted by molar-refractivity contribution is 7.92. The number of amides is 1. The van der Waals surface area contributed by atoms with Crippen molar-refractivity contribution >= 4 is 37.3 Å². The van der Waals surface area contributed by atoms with Gasteiger partial charge in [-0.3, -0.25) is 9.52 Å². The predicted octanol–water partition coefficient (Wildman–Crippen LogP) is 3.40. The number of ether oxygens (including phenoxy) is 2. The van der Waals surface area contributed by atoms with E-state index in [-0.39, 0.29) is 22.1 Å². The fraction of sp³-hybridized carbons (Fsp3) is 0.296. The van der Waals surface area contributed by atoms with Gasteiger partial charge in [0, 0.05) is 25.2 Å². The number of aryl methyl sites for hydroxylation is 2. The van der Waals surface area contributed by atoms with Crippen LogP contribution in [-0.2, 0) is 36.0 Å². The van der Waals surface area contributed by atoms with Crippen molar-refractivity contribution in [2.45, 2.75) is 29.6 Å². The molecule has 1 aliphatic heterocycles. The van der Waals surface area contributed by atoms with E-state index in [2.05, 4.69) is 10.0 Å². The number of hydrogen-bond donors (Lipinski definition) is 2. The average Bonchev–Trinajstić information content (AvgIpc) is 2.93. The second kappa shape index (κ2) is 12.2. The van der Waals surface area contributed by atoms with Crippen LogP contribution in [0.4, 0.5) is 11.4 Å². The van der Waals surface area contributed by atoms with Gasteiger partial charge >= 0.3 is 0 Å². The molecule has 2 N–H and O–H groups in total. The molecule has 4 rings (SSSR count). The normalized spacial score (nSPS) is 14.5. The summed E-state index contributed by atoms with van der Waals surface area (Å²) in [5.74, 6) is 0.0832. The number of rotatable bonds is 10. The van der Waals surface area contributed by atoms with E-state index in [0.29, 0.717) is 55.4 Å². The molecule has 0 bridgehead atoms. The smallest absolute Gasteiger partial charge is 0.262 e. The summed E-state index contributed by atoms with van der Waals surface area (Å²) in [6, 6.07) is 17.8. The van der Waals surface area contributed by atoms with Crippen molar-refractivity contribution in [1.29, 1.82) is 0 Å². The quantitative estimate of drug-likeness (QED) is 0.380. The van der Waals surface area contributed by atoms with E-state index < -0.39 is 20.0 Å². The predicted molar refractivity (Wildman–Crippen MR) is 148 cm³/mol. The van der Waals surface area contributed by atoms with E-state index >= 15 is 0 Å². The number of anilines is 2. The third-order valence-corrected chi connectivity index (χ3v) is 9.70. The first kappa shape index (κ1) is 28.6. The monoisotopic (exact) mass is 573 g/mol. The molecule has 10 nitrogen and oxygen atoms in total. The first-order valence-corrected chi connectivity index (χ1v) is 15.3. The number of carbonyl (C=O) groups is 1. The molecule has 1 aliphatic rings. The lowest BCUT2D eigenvalue weighted by Crippen LogP contribution is -2.40. The summed E-state index contributed by atoms with van der Waals surface area (Å²) in [6.07, 6.45) is 0.515. The molecule has 0 aromatic heterocycles. The van der Waals surface area contributed by atoms with Gasteiger partial charge in [0.2, 0.25) is 15.9 Å². The third kappa shape index (κ3) is 6.95. The number of carbonyl (C=O) groups excluding carboxylic acids is 1. The van der Waals surface area contributed by atoms with Crippen LogP contribution in [0.15, 0.2) is 76.5 Å². The molecule has 39 heavy (non-hydrogen) atoms. The molecular formula is C27H31N3O7S2. The fourth-order valence-electron chi connectivity index (χ4n) is 4.14. The molecule has 12 heteroatoms. The number of nitrogens with zero attached hydrogens (tertiary/aromatic N) is 1. The van der Waals surface area contributed by atoms with E-state index in [9.17, 15) is 21.6 Å². The van der Waals surface area contributed by atoms with Gasteiger partial charge in [-0.1, -0.05) is 30.3 Å². The maximum atomic E-state index is 13.1. The van der Waals surface area contributed by atoms with E-state index in [0.717, 1.165) is 5.56 Å². The second-order valence-electron chi connectivity index (χ2n) is 8.99. The Hall–Kier alpha value is -3.45. The molecule has 208 valence electrons. The van der Waals surface area contributed by atoms with Crippen LogP contribution >= 0.6 is 0 Å². The third-order valence-electron chi connectivity index (χ3n) is 6.28. The molecule has 3 aromatic rings. The molecule has 0 atom stereocenters. The summed E-state index contributed by atoms with van der Waals surface area (Å²) in [5.41, 5.74) is 1.97. The number of para-hydroxylation sites is 2. The maximum absolute atomic E-state index is 13.1. The van der Waals surface area contributed by atoms with Crippen LogP contribution < -0.4 is 14.8 Å². The molecular weight excluding hydrogens is 542 g/mol. The Morgan fingerprint density at radius 2 is 1.67 bits per heavy atom. The van der Waals surface area contributed by atoms with Crippen molar-refractivity contribution in [3.8, 4) is 5.75 Å². The van der Waals surface area contributed by atoms with Crippen molar-refractivity contribution in [3.63, 3.8) is 0 Å². The van der Waals surface area contributed by atoms with Crippen LogP contribution in [0.1, 0.15) is 17.5 Å². The molecule has 0 unspecified atom stereocenters. The lowest BCUT2D eigenvalue weighted by Gasteiger charge is -2.26. The highest BCUT2D eigenvalue weighted by atomic mass is 32.2. The Bertz CT molecular complexity index is 1530. The number of hydrogen-bond acceptors (Lipinski definition) is 7. The second-order valence-corrected chi connectivity index (χ2v) is 12.6. The summed E-state index contributed by atoms with van der Waals surface area (Å²) >= 11 is 0. The highest BCUT2D eigenvalue weighted by Gasteiger charge is 2.26. The van der Waals surface area contributed by atoms with Gasteiger partial charge in [0.1, 0.15) is 5.75 Å². The maximum Gasteiger partial charge on any atom is 0.262 e. The molecule has 1 heterocycles. The van der Waals surface area contributed by atoms with Gasteiger partial charge in [0.05, 0.1) is 35.8 Å². The lowest BCUT2D eigenvalue weighted by atomic mass is 10.1. The van der Waals surface area contributed by atoms with E-state index in [1.54, 1.807) is 67.6 Å². The minimum atomic E-state index is -3.96. The minimum Gasteiger partial charge on any atom is -0.495 e. The van der Waals surface area contributed by atoms with Crippen LogP contribution in [0, 0.1) is 6.92 Å².